The van der Waals surface area contributed by atoms with Gasteiger partial charge in [0.05, 0.1) is 0 Å². The first-order valence-electron chi connectivity index (χ1n) is 7.05. The molecule has 0 spiro atoms. The Morgan fingerprint density at radius 2 is 1.24 bits per heavy atom. The fourth-order valence-electron chi connectivity index (χ4n) is 3.18. The summed E-state index contributed by atoms with van der Waals surface area (Å²) < 4.78 is 12.2. The maximum absolute atomic E-state index is 6.13. The summed E-state index contributed by atoms with van der Waals surface area (Å²) in [4.78, 5) is 0. The average molecular weight is 272 g/mol. The van der Waals surface area contributed by atoms with Gasteiger partial charge in [0.2, 0.25) is 0 Å². The molecule has 0 unspecified atom stereocenters. The summed E-state index contributed by atoms with van der Waals surface area (Å²) in [6.07, 6.45) is 0. The molecule has 21 heavy (non-hydrogen) atoms. The summed E-state index contributed by atoms with van der Waals surface area (Å²) in [7, 11) is 0. The molecule has 2 heteroatoms. The molecule has 100 valence electrons. The fourth-order valence-corrected chi connectivity index (χ4v) is 3.18. The second kappa shape index (κ2) is 3.67. The quantitative estimate of drug-likeness (QED) is 0.356. The van der Waals surface area contributed by atoms with Crippen molar-refractivity contribution in [3.63, 3.8) is 0 Å². The second-order valence-corrected chi connectivity index (χ2v) is 5.47. The summed E-state index contributed by atoms with van der Waals surface area (Å²) in [5, 5.41) is 4.49. The molecule has 2 aromatic heterocycles. The number of hydrogen-bond acceptors (Lipinski definition) is 2. The molecule has 2 nitrogen and oxygen atoms in total. The first-order chi connectivity index (χ1) is 10.3. The highest BCUT2D eigenvalue weighted by atomic mass is 16.4. The van der Waals surface area contributed by atoms with Crippen molar-refractivity contribution in [2.45, 2.75) is 6.92 Å². The van der Waals surface area contributed by atoms with Crippen molar-refractivity contribution >= 4 is 43.9 Å². The molecule has 0 saturated carbocycles. The highest BCUT2D eigenvalue weighted by Crippen LogP contribution is 2.38. The number of benzene rings is 3. The van der Waals surface area contributed by atoms with Crippen molar-refractivity contribution in [2.24, 2.45) is 0 Å². The molecule has 0 aliphatic carbocycles. The van der Waals surface area contributed by atoms with Crippen LogP contribution in [0.15, 0.2) is 63.4 Å². The molecule has 0 bridgehead atoms. The average Bonchev–Trinajstić information content (AvgIpc) is 3.06. The first-order valence-corrected chi connectivity index (χ1v) is 7.05. The van der Waals surface area contributed by atoms with E-state index in [-0.39, 0.29) is 0 Å². The summed E-state index contributed by atoms with van der Waals surface area (Å²) in [5.41, 5.74) is 4.67. The molecule has 5 rings (SSSR count). The zero-order valence-electron chi connectivity index (χ0n) is 11.5. The number of furan rings is 2. The standard InChI is InChI=1S/C19H12O2/c1-11-5-4-7-13-15-10-9-14-12-6-2-3-8-16(12)20-18(14)19(15)21-17(11)13/h2-10H,1H3. The molecular formula is C19H12O2. The molecule has 2 heterocycles. The van der Waals surface area contributed by atoms with E-state index in [1.807, 2.05) is 18.2 Å². The van der Waals surface area contributed by atoms with Crippen molar-refractivity contribution in [3.8, 4) is 0 Å². The van der Waals surface area contributed by atoms with Crippen LogP contribution >= 0.6 is 0 Å². The lowest BCUT2D eigenvalue weighted by Gasteiger charge is -1.91. The first kappa shape index (κ1) is 11.0. The Morgan fingerprint density at radius 3 is 2.14 bits per heavy atom. The van der Waals surface area contributed by atoms with Crippen molar-refractivity contribution < 1.29 is 8.83 Å². The predicted octanol–water partition coefficient (Wildman–Crippen LogP) is 5.79. The summed E-state index contributed by atoms with van der Waals surface area (Å²) in [6, 6.07) is 18.6. The smallest absolute Gasteiger partial charge is 0.178 e. The monoisotopic (exact) mass is 272 g/mol. The van der Waals surface area contributed by atoms with Crippen LogP contribution in [0.3, 0.4) is 0 Å². The van der Waals surface area contributed by atoms with E-state index in [2.05, 4.69) is 43.3 Å². The van der Waals surface area contributed by atoms with Gasteiger partial charge >= 0.3 is 0 Å². The second-order valence-electron chi connectivity index (χ2n) is 5.47. The third-order valence-corrected chi connectivity index (χ3v) is 4.21. The summed E-state index contributed by atoms with van der Waals surface area (Å²) in [6.45, 7) is 2.07. The van der Waals surface area contributed by atoms with Crippen LogP contribution in [0.4, 0.5) is 0 Å². The number of aryl methyl sites for hydroxylation is 1. The third-order valence-electron chi connectivity index (χ3n) is 4.21. The van der Waals surface area contributed by atoms with Crippen LogP contribution in [0, 0.1) is 6.92 Å². The van der Waals surface area contributed by atoms with Gasteiger partial charge in [0.25, 0.3) is 0 Å². The van der Waals surface area contributed by atoms with Crippen LogP contribution in [0.25, 0.3) is 43.9 Å². The van der Waals surface area contributed by atoms with Gasteiger partial charge in [-0.3, -0.25) is 0 Å². The molecule has 5 aromatic rings. The zero-order chi connectivity index (χ0) is 14.0. The Labute approximate surface area is 120 Å². The van der Waals surface area contributed by atoms with E-state index in [1.165, 1.54) is 0 Å². The molecule has 0 amide bonds. The van der Waals surface area contributed by atoms with Gasteiger partial charge in [0.15, 0.2) is 11.2 Å². The lowest BCUT2D eigenvalue weighted by atomic mass is 10.1. The van der Waals surface area contributed by atoms with E-state index in [0.717, 1.165) is 49.4 Å². The van der Waals surface area contributed by atoms with Crippen LogP contribution in [0.2, 0.25) is 0 Å². The highest BCUT2D eigenvalue weighted by Gasteiger charge is 2.15. The summed E-state index contributed by atoms with van der Waals surface area (Å²) in [5.74, 6) is 0. The van der Waals surface area contributed by atoms with Crippen LogP contribution in [0.1, 0.15) is 5.56 Å². The minimum absolute atomic E-state index is 0.837. The molecule has 0 aliphatic rings. The molecule has 0 atom stereocenters. The molecule has 0 saturated heterocycles. The van der Waals surface area contributed by atoms with Gasteiger partial charge in [0, 0.05) is 21.5 Å². The van der Waals surface area contributed by atoms with Crippen molar-refractivity contribution in [2.75, 3.05) is 0 Å². The molecule has 0 fully saturated rings. The van der Waals surface area contributed by atoms with Crippen LogP contribution < -0.4 is 0 Å². The maximum Gasteiger partial charge on any atom is 0.178 e. The van der Waals surface area contributed by atoms with Gasteiger partial charge in [-0.1, -0.05) is 36.4 Å². The number of fused-ring (bicyclic) bond motifs is 7. The molecule has 0 aliphatic heterocycles. The SMILES string of the molecule is Cc1cccc2c1oc1c2ccc2c3ccccc3oc21. The number of para-hydroxylation sites is 2. The Kier molecular flexibility index (Phi) is 1.92. The lowest BCUT2D eigenvalue weighted by molar-refractivity contribution is 0.632. The number of rotatable bonds is 0. The van der Waals surface area contributed by atoms with Gasteiger partial charge in [0.1, 0.15) is 11.2 Å². The Morgan fingerprint density at radius 1 is 0.571 bits per heavy atom. The van der Waals surface area contributed by atoms with Crippen molar-refractivity contribution in [1.29, 1.82) is 0 Å². The fraction of sp³-hybridized carbons (Fsp3) is 0.0526. The zero-order valence-corrected chi connectivity index (χ0v) is 11.5. The van der Waals surface area contributed by atoms with Gasteiger partial charge in [-0.2, -0.15) is 0 Å². The van der Waals surface area contributed by atoms with Crippen molar-refractivity contribution in [3.05, 3.63) is 60.2 Å². The minimum Gasteiger partial charge on any atom is -0.452 e. The Hall–Kier alpha value is -2.74. The van der Waals surface area contributed by atoms with Crippen molar-refractivity contribution in [1.82, 2.24) is 0 Å². The van der Waals surface area contributed by atoms with Gasteiger partial charge < -0.3 is 8.83 Å². The molecule has 0 radical (unpaired) electrons. The minimum atomic E-state index is 0.837. The molecule has 3 aromatic carbocycles. The van der Waals surface area contributed by atoms with E-state index in [4.69, 9.17) is 8.83 Å². The number of hydrogen-bond donors (Lipinski definition) is 0. The van der Waals surface area contributed by atoms with E-state index in [0.29, 0.717) is 0 Å². The predicted molar refractivity (Wildman–Crippen MR) is 85.7 cm³/mol. The van der Waals surface area contributed by atoms with Crippen LogP contribution in [0.5, 0.6) is 0 Å². The maximum atomic E-state index is 6.13. The van der Waals surface area contributed by atoms with Gasteiger partial charge in [-0.25, -0.2) is 0 Å². The third kappa shape index (κ3) is 1.32. The molecule has 0 N–H and O–H groups in total. The van der Waals surface area contributed by atoms with Gasteiger partial charge in [-0.15, -0.1) is 0 Å². The van der Waals surface area contributed by atoms with E-state index in [1.54, 1.807) is 0 Å². The normalized spacial score (nSPS) is 12.0. The summed E-state index contributed by atoms with van der Waals surface area (Å²) >= 11 is 0. The molecular weight excluding hydrogens is 260 g/mol. The van der Waals surface area contributed by atoms with E-state index < -0.39 is 0 Å². The largest absolute Gasteiger partial charge is 0.452 e. The van der Waals surface area contributed by atoms with Crippen LogP contribution in [-0.2, 0) is 0 Å². The Bertz CT molecular complexity index is 1140. The van der Waals surface area contributed by atoms with Crippen LogP contribution in [-0.4, -0.2) is 0 Å². The highest BCUT2D eigenvalue weighted by molar-refractivity contribution is 6.19. The van der Waals surface area contributed by atoms with E-state index in [9.17, 15) is 0 Å². The van der Waals surface area contributed by atoms with Gasteiger partial charge in [-0.05, 0) is 30.7 Å². The Balaban J connectivity index is 2.09. The topological polar surface area (TPSA) is 26.3 Å². The lowest BCUT2D eigenvalue weighted by Crippen LogP contribution is -1.71. The van der Waals surface area contributed by atoms with E-state index >= 15 is 0 Å².